The van der Waals surface area contributed by atoms with Crippen molar-refractivity contribution in [1.29, 1.82) is 0 Å². The van der Waals surface area contributed by atoms with Gasteiger partial charge in [-0.25, -0.2) is 9.97 Å². The summed E-state index contributed by atoms with van der Waals surface area (Å²) in [5.74, 6) is 0.337. The first-order chi connectivity index (χ1) is 17.5. The molecule has 0 unspecified atom stereocenters. The van der Waals surface area contributed by atoms with E-state index >= 15 is 0 Å². The van der Waals surface area contributed by atoms with Crippen LogP contribution in [0, 0.1) is 6.92 Å². The number of para-hydroxylation sites is 3. The molecule has 0 atom stereocenters. The van der Waals surface area contributed by atoms with Crippen LogP contribution >= 0.6 is 0 Å². The van der Waals surface area contributed by atoms with E-state index in [4.69, 9.17) is 9.97 Å². The van der Waals surface area contributed by atoms with Crippen molar-refractivity contribution in [3.63, 3.8) is 0 Å². The fourth-order valence-corrected chi connectivity index (χ4v) is 4.60. The number of carbonyl (C=O) groups is 1. The zero-order valence-corrected chi connectivity index (χ0v) is 21.2. The number of anilines is 1. The van der Waals surface area contributed by atoms with Crippen molar-refractivity contribution in [2.45, 2.75) is 27.3 Å². The summed E-state index contributed by atoms with van der Waals surface area (Å²) in [5, 5.41) is 8.27. The second-order valence-electron chi connectivity index (χ2n) is 8.90. The molecule has 184 valence electrons. The molecule has 3 aromatic heterocycles. The van der Waals surface area contributed by atoms with Gasteiger partial charge in [0.2, 0.25) is 5.95 Å². The maximum Gasteiger partial charge on any atom is 0.258 e. The third-order valence-corrected chi connectivity index (χ3v) is 6.89. The van der Waals surface area contributed by atoms with Crippen LogP contribution in [0.2, 0.25) is 0 Å². The zero-order chi connectivity index (χ0) is 25.2. The molecule has 5 rings (SSSR count). The molecule has 0 aliphatic carbocycles. The van der Waals surface area contributed by atoms with E-state index < -0.39 is 0 Å². The molecule has 0 radical (unpaired) electrons. The van der Waals surface area contributed by atoms with Gasteiger partial charge in [-0.2, -0.15) is 5.10 Å². The molecular weight excluding hydrogens is 450 g/mol. The molecule has 0 bridgehead atoms. The number of pyridine rings is 1. The van der Waals surface area contributed by atoms with Gasteiger partial charge < -0.3 is 9.47 Å². The summed E-state index contributed by atoms with van der Waals surface area (Å²) in [5.41, 5.74) is 5.80. The number of rotatable bonds is 8. The number of amides is 1. The highest BCUT2D eigenvalue weighted by Gasteiger charge is 2.19. The number of hydrogen-bond donors (Lipinski definition) is 1. The molecule has 0 aliphatic heterocycles. The Morgan fingerprint density at radius 1 is 1.00 bits per heavy atom. The van der Waals surface area contributed by atoms with Gasteiger partial charge in [0, 0.05) is 36.8 Å². The lowest BCUT2D eigenvalue weighted by Gasteiger charge is -2.19. The van der Waals surface area contributed by atoms with Gasteiger partial charge in [-0.15, -0.1) is 0 Å². The van der Waals surface area contributed by atoms with Gasteiger partial charge >= 0.3 is 0 Å². The van der Waals surface area contributed by atoms with Crippen LogP contribution in [0.15, 0.2) is 60.8 Å². The van der Waals surface area contributed by atoms with Crippen molar-refractivity contribution in [2.24, 2.45) is 7.05 Å². The van der Waals surface area contributed by atoms with Crippen LogP contribution < -0.4 is 5.32 Å². The van der Waals surface area contributed by atoms with Crippen molar-refractivity contribution in [3.05, 3.63) is 72.1 Å². The number of hydrogen-bond acceptors (Lipinski definition) is 5. The lowest BCUT2D eigenvalue weighted by atomic mass is 10.0. The number of likely N-dealkylation sites (N-methyl/N-ethyl adjacent to an activating group) is 1. The van der Waals surface area contributed by atoms with E-state index in [1.54, 1.807) is 6.20 Å². The molecule has 0 aliphatic rings. The molecule has 5 aromatic rings. The lowest BCUT2D eigenvalue weighted by Crippen LogP contribution is -2.27. The minimum absolute atomic E-state index is 0.212. The van der Waals surface area contributed by atoms with E-state index in [9.17, 15) is 4.79 Å². The number of benzene rings is 2. The van der Waals surface area contributed by atoms with Gasteiger partial charge in [0.25, 0.3) is 5.91 Å². The topological polar surface area (TPSA) is 80.9 Å². The average Bonchev–Trinajstić information content (AvgIpc) is 3.42. The third kappa shape index (κ3) is 4.35. The predicted octanol–water partition coefficient (Wildman–Crippen LogP) is 4.89. The Labute approximate surface area is 210 Å². The maximum absolute atomic E-state index is 13.8. The van der Waals surface area contributed by atoms with E-state index in [0.717, 1.165) is 65.1 Å². The second-order valence-corrected chi connectivity index (χ2v) is 8.90. The van der Waals surface area contributed by atoms with E-state index in [1.807, 2.05) is 73.3 Å². The Balaban J connectivity index is 1.55. The maximum atomic E-state index is 13.8. The van der Waals surface area contributed by atoms with Gasteiger partial charge in [0.15, 0.2) is 0 Å². The summed E-state index contributed by atoms with van der Waals surface area (Å²) in [6.07, 6.45) is 1.79. The molecule has 1 amide bonds. The van der Waals surface area contributed by atoms with Gasteiger partial charge in [-0.1, -0.05) is 44.2 Å². The molecule has 3 heterocycles. The molecular formula is C28H31N7O. The summed E-state index contributed by atoms with van der Waals surface area (Å²) < 4.78 is 3.91. The number of aryl methyl sites for hydroxylation is 1. The second kappa shape index (κ2) is 9.91. The Kier molecular flexibility index (Phi) is 6.52. The van der Waals surface area contributed by atoms with E-state index in [1.165, 1.54) is 0 Å². The molecule has 0 saturated heterocycles. The molecule has 36 heavy (non-hydrogen) atoms. The lowest BCUT2D eigenvalue weighted by molar-refractivity contribution is 0.102. The third-order valence-electron chi connectivity index (χ3n) is 6.89. The number of aromatic nitrogens is 5. The summed E-state index contributed by atoms with van der Waals surface area (Å²) in [7, 11) is 1.90. The predicted molar refractivity (Wildman–Crippen MR) is 144 cm³/mol. The van der Waals surface area contributed by atoms with Gasteiger partial charge in [0.05, 0.1) is 34.0 Å². The number of nitrogens with one attached hydrogen (secondary N) is 1. The van der Waals surface area contributed by atoms with Crippen molar-refractivity contribution in [2.75, 3.05) is 25.0 Å². The highest BCUT2D eigenvalue weighted by Crippen LogP contribution is 2.28. The SMILES string of the molecule is CCN(CC)CCn1c(NC(=O)c2cc(-c3cnn(C)c3C)nc3ccccc23)nc2ccccc21. The fourth-order valence-electron chi connectivity index (χ4n) is 4.60. The number of imidazole rings is 1. The van der Waals surface area contributed by atoms with Crippen LogP contribution in [0.5, 0.6) is 0 Å². The van der Waals surface area contributed by atoms with Gasteiger partial charge in [-0.05, 0) is 44.3 Å². The number of carbonyl (C=O) groups excluding carboxylic acids is 1. The average molecular weight is 482 g/mol. The van der Waals surface area contributed by atoms with E-state index in [2.05, 4.69) is 33.7 Å². The standard InChI is InChI=1S/C28H31N7O/c1-5-34(6-2)15-16-35-26-14-10-9-13-24(26)31-28(35)32-27(36)21-17-25(22-18-29-33(4)19(22)3)30-23-12-8-7-11-20(21)23/h7-14,17-18H,5-6,15-16H2,1-4H3,(H,31,32,36). The van der Waals surface area contributed by atoms with Crippen LogP contribution in [0.1, 0.15) is 29.9 Å². The smallest absolute Gasteiger partial charge is 0.258 e. The first-order valence-electron chi connectivity index (χ1n) is 12.4. The Morgan fingerprint density at radius 3 is 2.44 bits per heavy atom. The van der Waals surface area contributed by atoms with Crippen LogP contribution in [0.3, 0.4) is 0 Å². The van der Waals surface area contributed by atoms with Crippen molar-refractivity contribution in [3.8, 4) is 11.3 Å². The zero-order valence-electron chi connectivity index (χ0n) is 21.2. The molecule has 8 nitrogen and oxygen atoms in total. The highest BCUT2D eigenvalue weighted by molar-refractivity contribution is 6.13. The Hall–Kier alpha value is -4.04. The highest BCUT2D eigenvalue weighted by atomic mass is 16.1. The van der Waals surface area contributed by atoms with Crippen LogP contribution in [0.25, 0.3) is 33.2 Å². The van der Waals surface area contributed by atoms with Crippen LogP contribution in [-0.2, 0) is 13.6 Å². The minimum Gasteiger partial charge on any atom is -0.309 e. The quantitative estimate of drug-likeness (QED) is 0.341. The largest absolute Gasteiger partial charge is 0.309 e. The van der Waals surface area contributed by atoms with Gasteiger partial charge in [0.1, 0.15) is 0 Å². The molecule has 0 fully saturated rings. The monoisotopic (exact) mass is 481 g/mol. The minimum atomic E-state index is -0.212. The molecule has 1 N–H and O–H groups in total. The number of nitrogens with zero attached hydrogens (tertiary/aromatic N) is 6. The van der Waals surface area contributed by atoms with Crippen molar-refractivity contribution < 1.29 is 4.79 Å². The van der Waals surface area contributed by atoms with Crippen LogP contribution in [0.4, 0.5) is 5.95 Å². The normalized spacial score (nSPS) is 11.6. The molecule has 8 heteroatoms. The first-order valence-corrected chi connectivity index (χ1v) is 12.4. The Morgan fingerprint density at radius 2 is 1.72 bits per heavy atom. The van der Waals surface area contributed by atoms with E-state index in [-0.39, 0.29) is 5.91 Å². The molecule has 0 spiro atoms. The molecule has 0 saturated carbocycles. The summed E-state index contributed by atoms with van der Waals surface area (Å²) in [6.45, 7) is 9.88. The van der Waals surface area contributed by atoms with E-state index in [0.29, 0.717) is 11.5 Å². The van der Waals surface area contributed by atoms with Crippen molar-refractivity contribution in [1.82, 2.24) is 29.2 Å². The molecule has 2 aromatic carbocycles. The Bertz CT molecular complexity index is 1540. The number of fused-ring (bicyclic) bond motifs is 2. The van der Waals surface area contributed by atoms with Crippen molar-refractivity contribution >= 4 is 33.8 Å². The summed E-state index contributed by atoms with van der Waals surface area (Å²) in [6, 6.07) is 17.6. The van der Waals surface area contributed by atoms with Crippen LogP contribution in [-0.4, -0.2) is 54.8 Å². The summed E-state index contributed by atoms with van der Waals surface area (Å²) >= 11 is 0. The summed E-state index contributed by atoms with van der Waals surface area (Å²) in [4.78, 5) is 25.7. The fraction of sp³-hybridized carbons (Fsp3) is 0.286. The first kappa shape index (κ1) is 23.7. The van der Waals surface area contributed by atoms with Gasteiger partial charge in [-0.3, -0.25) is 14.8 Å².